The molecule has 1 aliphatic heterocycles. The van der Waals surface area contributed by atoms with Gasteiger partial charge in [-0.3, -0.25) is 9.59 Å². The van der Waals surface area contributed by atoms with Crippen LogP contribution < -0.4 is 20.3 Å². The van der Waals surface area contributed by atoms with Gasteiger partial charge in [0.05, 0.1) is 18.1 Å². The van der Waals surface area contributed by atoms with Gasteiger partial charge in [-0.15, -0.1) is 0 Å². The number of aryl methyl sites for hydroxylation is 1. The normalized spacial score (nSPS) is 14.5. The number of carbonyl (C=O) groups excluding carboxylic acids is 2. The largest absolute Gasteiger partial charge is 0.378 e. The van der Waals surface area contributed by atoms with Crippen molar-refractivity contribution in [3.8, 4) is 0 Å². The van der Waals surface area contributed by atoms with Crippen LogP contribution in [0, 0.1) is 6.92 Å². The molecular weight excluding hydrogens is 504 g/mol. The van der Waals surface area contributed by atoms with Crippen LogP contribution >= 0.6 is 0 Å². The maximum atomic E-state index is 13.2. The standard InChI is InChI=1S/C28H32N4O5S/c1-21-7-13-25(14-8-21)38(35,36)31-26(15-16-27(33)29-22-5-3-2-4-6-22)28(34)30-23-9-11-24(12-10-23)32-17-19-37-20-18-32/h2-14,26,31H,15-20H2,1H3,(H,29,33)(H,30,34)/t26-/m0/s1. The van der Waals surface area contributed by atoms with Crippen molar-refractivity contribution in [1.29, 1.82) is 0 Å². The van der Waals surface area contributed by atoms with Crippen molar-refractivity contribution in [2.24, 2.45) is 0 Å². The van der Waals surface area contributed by atoms with E-state index in [1.165, 1.54) is 12.1 Å². The number of nitrogens with zero attached hydrogens (tertiary/aromatic N) is 1. The van der Waals surface area contributed by atoms with Crippen LogP contribution in [-0.4, -0.2) is 52.6 Å². The van der Waals surface area contributed by atoms with Crippen molar-refractivity contribution in [2.75, 3.05) is 41.8 Å². The first kappa shape index (κ1) is 27.3. The highest BCUT2D eigenvalue weighted by Crippen LogP contribution is 2.20. The molecule has 10 heteroatoms. The predicted octanol–water partition coefficient (Wildman–Crippen LogP) is 3.54. The molecule has 4 rings (SSSR count). The lowest BCUT2D eigenvalue weighted by atomic mass is 10.1. The Bertz CT molecular complexity index is 1320. The van der Waals surface area contributed by atoms with Crippen LogP contribution in [0.5, 0.6) is 0 Å². The number of hydrogen-bond donors (Lipinski definition) is 3. The third-order valence-electron chi connectivity index (χ3n) is 6.17. The first-order valence-electron chi connectivity index (χ1n) is 12.5. The highest BCUT2D eigenvalue weighted by Gasteiger charge is 2.27. The summed E-state index contributed by atoms with van der Waals surface area (Å²) in [5.41, 5.74) is 3.08. The van der Waals surface area contributed by atoms with Gasteiger partial charge in [0.15, 0.2) is 0 Å². The van der Waals surface area contributed by atoms with Crippen molar-refractivity contribution in [3.63, 3.8) is 0 Å². The number of amides is 2. The van der Waals surface area contributed by atoms with Crippen molar-refractivity contribution in [1.82, 2.24) is 4.72 Å². The number of anilines is 3. The molecule has 3 aromatic rings. The third-order valence-corrected chi connectivity index (χ3v) is 7.66. The quantitative estimate of drug-likeness (QED) is 0.365. The van der Waals surface area contributed by atoms with Gasteiger partial charge in [0.25, 0.3) is 0 Å². The number of benzene rings is 3. The van der Waals surface area contributed by atoms with Gasteiger partial charge < -0.3 is 20.3 Å². The monoisotopic (exact) mass is 536 g/mol. The first-order chi connectivity index (χ1) is 18.3. The van der Waals surface area contributed by atoms with Gasteiger partial charge in [0.2, 0.25) is 21.8 Å². The molecule has 3 N–H and O–H groups in total. The summed E-state index contributed by atoms with van der Waals surface area (Å²) in [7, 11) is -4.00. The van der Waals surface area contributed by atoms with Gasteiger partial charge in [0.1, 0.15) is 6.04 Å². The smallest absolute Gasteiger partial charge is 0.242 e. The number of carbonyl (C=O) groups is 2. The van der Waals surface area contributed by atoms with Crippen molar-refractivity contribution < 1.29 is 22.7 Å². The van der Waals surface area contributed by atoms with Gasteiger partial charge in [-0.25, -0.2) is 8.42 Å². The van der Waals surface area contributed by atoms with Crippen molar-refractivity contribution in [2.45, 2.75) is 30.7 Å². The first-order valence-corrected chi connectivity index (χ1v) is 14.0. The lowest BCUT2D eigenvalue weighted by Crippen LogP contribution is -2.44. The lowest BCUT2D eigenvalue weighted by Gasteiger charge is -2.29. The number of hydrogen-bond acceptors (Lipinski definition) is 6. The molecule has 0 saturated carbocycles. The van der Waals surface area contributed by atoms with E-state index in [2.05, 4.69) is 20.3 Å². The summed E-state index contributed by atoms with van der Waals surface area (Å²) < 4.78 is 34.0. The molecule has 2 amide bonds. The van der Waals surface area contributed by atoms with Crippen LogP contribution in [0.1, 0.15) is 18.4 Å². The van der Waals surface area contributed by atoms with E-state index in [9.17, 15) is 18.0 Å². The molecule has 0 aromatic heterocycles. The number of morpholine rings is 1. The van der Waals surface area contributed by atoms with Gasteiger partial charge in [-0.1, -0.05) is 35.9 Å². The molecule has 3 aromatic carbocycles. The second-order valence-corrected chi connectivity index (χ2v) is 10.8. The Labute approximate surface area is 223 Å². The van der Waals surface area contributed by atoms with E-state index in [0.717, 1.165) is 24.3 Å². The number of rotatable bonds is 10. The highest BCUT2D eigenvalue weighted by molar-refractivity contribution is 7.89. The van der Waals surface area contributed by atoms with Gasteiger partial charge in [-0.05, 0) is 61.9 Å². The zero-order chi connectivity index (χ0) is 27.0. The van der Waals surface area contributed by atoms with E-state index in [1.54, 1.807) is 48.5 Å². The van der Waals surface area contributed by atoms with E-state index in [4.69, 9.17) is 4.74 Å². The van der Waals surface area contributed by atoms with E-state index in [-0.39, 0.29) is 23.6 Å². The van der Waals surface area contributed by atoms with E-state index < -0.39 is 22.0 Å². The minimum Gasteiger partial charge on any atom is -0.378 e. The molecule has 1 fully saturated rings. The molecule has 1 atom stereocenters. The topological polar surface area (TPSA) is 117 Å². The van der Waals surface area contributed by atoms with Crippen LogP contribution in [0.4, 0.5) is 17.1 Å². The van der Waals surface area contributed by atoms with E-state index >= 15 is 0 Å². The molecule has 9 nitrogen and oxygen atoms in total. The molecule has 1 aliphatic rings. The SMILES string of the molecule is Cc1ccc(S(=O)(=O)N[C@@H](CCC(=O)Nc2ccccc2)C(=O)Nc2ccc(N3CCOCC3)cc2)cc1. The van der Waals surface area contributed by atoms with Crippen LogP contribution in [0.2, 0.25) is 0 Å². The average molecular weight is 537 g/mol. The Morgan fingerprint density at radius 2 is 1.50 bits per heavy atom. The Hall–Kier alpha value is -3.73. The zero-order valence-electron chi connectivity index (χ0n) is 21.2. The van der Waals surface area contributed by atoms with E-state index in [1.807, 2.05) is 25.1 Å². The summed E-state index contributed by atoms with van der Waals surface area (Å²) in [5, 5.41) is 5.55. The fourth-order valence-corrected chi connectivity index (χ4v) is 5.27. The summed E-state index contributed by atoms with van der Waals surface area (Å²) in [6.07, 6.45) is -0.0825. The fraction of sp³-hybridized carbons (Fsp3) is 0.286. The summed E-state index contributed by atoms with van der Waals surface area (Å²) in [5.74, 6) is -0.870. The van der Waals surface area contributed by atoms with Crippen LogP contribution in [0.25, 0.3) is 0 Å². The number of nitrogens with one attached hydrogen (secondary N) is 3. The van der Waals surface area contributed by atoms with Gasteiger partial charge >= 0.3 is 0 Å². The Kier molecular flexibility index (Phi) is 9.11. The Balaban J connectivity index is 1.45. The van der Waals surface area contributed by atoms with Crippen LogP contribution in [0.3, 0.4) is 0 Å². The minimum atomic E-state index is -4.00. The molecule has 0 radical (unpaired) electrons. The second-order valence-electron chi connectivity index (χ2n) is 9.08. The molecule has 0 aliphatic carbocycles. The molecule has 0 spiro atoms. The molecule has 0 bridgehead atoms. The van der Waals surface area contributed by atoms with Gasteiger partial charge in [0, 0.05) is 36.6 Å². The fourth-order valence-electron chi connectivity index (χ4n) is 4.04. The molecule has 1 heterocycles. The third kappa shape index (κ3) is 7.64. The van der Waals surface area contributed by atoms with Crippen LogP contribution in [0.15, 0.2) is 83.8 Å². The Morgan fingerprint density at radius 3 is 2.16 bits per heavy atom. The number of sulfonamides is 1. The molecule has 1 saturated heterocycles. The molecule has 38 heavy (non-hydrogen) atoms. The van der Waals surface area contributed by atoms with E-state index in [0.29, 0.717) is 24.6 Å². The maximum Gasteiger partial charge on any atom is 0.242 e. The summed E-state index contributed by atoms with van der Waals surface area (Å²) in [4.78, 5) is 28.0. The van der Waals surface area contributed by atoms with Crippen molar-refractivity contribution in [3.05, 3.63) is 84.4 Å². The Morgan fingerprint density at radius 1 is 0.868 bits per heavy atom. The maximum absolute atomic E-state index is 13.2. The minimum absolute atomic E-state index is 0.0263. The molecule has 0 unspecified atom stereocenters. The van der Waals surface area contributed by atoms with Gasteiger partial charge in [-0.2, -0.15) is 4.72 Å². The number of para-hydroxylation sites is 1. The van der Waals surface area contributed by atoms with Crippen molar-refractivity contribution >= 4 is 38.9 Å². The molecular formula is C28H32N4O5S. The predicted molar refractivity (Wildman–Crippen MR) is 148 cm³/mol. The number of ether oxygens (including phenoxy) is 1. The highest BCUT2D eigenvalue weighted by atomic mass is 32.2. The average Bonchev–Trinajstić information content (AvgIpc) is 2.92. The zero-order valence-corrected chi connectivity index (χ0v) is 22.0. The summed E-state index contributed by atoms with van der Waals surface area (Å²) in [6.45, 7) is 4.77. The summed E-state index contributed by atoms with van der Waals surface area (Å²) in [6, 6.07) is 21.5. The second kappa shape index (κ2) is 12.7. The lowest BCUT2D eigenvalue weighted by molar-refractivity contribution is -0.118. The summed E-state index contributed by atoms with van der Waals surface area (Å²) >= 11 is 0. The molecule has 200 valence electrons. The van der Waals surface area contributed by atoms with Crippen LogP contribution in [-0.2, 0) is 24.3 Å².